The van der Waals surface area contributed by atoms with Gasteiger partial charge in [-0.15, -0.1) is 0 Å². The summed E-state index contributed by atoms with van der Waals surface area (Å²) in [7, 11) is 3.91. The van der Waals surface area contributed by atoms with Gasteiger partial charge in [0.25, 0.3) is 5.56 Å². The minimum absolute atomic E-state index is 0.00121. The molecule has 0 amide bonds. The van der Waals surface area contributed by atoms with Gasteiger partial charge in [0, 0.05) is 43.0 Å². The van der Waals surface area contributed by atoms with E-state index in [0.717, 1.165) is 53.2 Å². The molecule has 3 aromatic heterocycles. The van der Waals surface area contributed by atoms with Crippen LogP contribution in [0.3, 0.4) is 0 Å². The Morgan fingerprint density at radius 3 is 2.75 bits per heavy atom. The average molecular weight is 380 g/mol. The third-order valence-electron chi connectivity index (χ3n) is 5.53. The molecule has 1 saturated heterocycles. The predicted molar refractivity (Wildman–Crippen MR) is 112 cm³/mol. The van der Waals surface area contributed by atoms with Crippen molar-refractivity contribution in [2.75, 3.05) is 26.7 Å². The fraction of sp³-hybridized carbons (Fsp3) is 0.455. The molecule has 4 rings (SSSR count). The highest BCUT2D eigenvalue weighted by Crippen LogP contribution is 2.35. The molecule has 3 aromatic rings. The number of aryl methyl sites for hydroxylation is 2. The Labute approximate surface area is 165 Å². The number of hydrogen-bond donors (Lipinski definition) is 1. The molecule has 1 fully saturated rings. The quantitative estimate of drug-likeness (QED) is 0.757. The summed E-state index contributed by atoms with van der Waals surface area (Å²) < 4.78 is 7.61. The lowest BCUT2D eigenvalue weighted by molar-refractivity contribution is -0.0229. The van der Waals surface area contributed by atoms with Crippen molar-refractivity contribution in [1.82, 2.24) is 19.4 Å². The second kappa shape index (κ2) is 7.18. The van der Waals surface area contributed by atoms with Crippen LogP contribution in [-0.2, 0) is 11.8 Å². The first-order valence-corrected chi connectivity index (χ1v) is 9.85. The Balaban J connectivity index is 1.87. The molecule has 1 aliphatic heterocycles. The van der Waals surface area contributed by atoms with Crippen LogP contribution in [0.1, 0.15) is 42.7 Å². The van der Waals surface area contributed by atoms with E-state index >= 15 is 0 Å². The van der Waals surface area contributed by atoms with Crippen LogP contribution in [-0.4, -0.2) is 46.2 Å². The smallest absolute Gasteiger partial charge is 0.253 e. The van der Waals surface area contributed by atoms with Crippen molar-refractivity contribution >= 4 is 11.0 Å². The van der Waals surface area contributed by atoms with Gasteiger partial charge in [0.1, 0.15) is 6.10 Å². The number of fused-ring (bicyclic) bond motifs is 1. The van der Waals surface area contributed by atoms with Gasteiger partial charge < -0.3 is 19.2 Å². The number of rotatable bonds is 3. The van der Waals surface area contributed by atoms with Gasteiger partial charge in [-0.1, -0.05) is 13.8 Å². The Hall–Kier alpha value is -2.44. The van der Waals surface area contributed by atoms with Gasteiger partial charge in [0.05, 0.1) is 29.0 Å². The molecule has 0 aromatic carbocycles. The largest absolute Gasteiger partial charge is 0.369 e. The summed E-state index contributed by atoms with van der Waals surface area (Å²) in [5.41, 5.74) is 6.98. The zero-order valence-corrected chi connectivity index (χ0v) is 17.2. The summed E-state index contributed by atoms with van der Waals surface area (Å²) >= 11 is 0. The minimum atomic E-state index is 0.00121. The van der Waals surface area contributed by atoms with Gasteiger partial charge in [-0.25, -0.2) is 4.98 Å². The van der Waals surface area contributed by atoms with E-state index in [1.54, 1.807) is 11.6 Å². The molecule has 1 unspecified atom stereocenters. The number of morpholine rings is 1. The third-order valence-corrected chi connectivity index (χ3v) is 5.53. The highest BCUT2D eigenvalue weighted by Gasteiger charge is 2.23. The molecule has 0 radical (unpaired) electrons. The number of hydrogen-bond acceptors (Lipinski definition) is 4. The highest BCUT2D eigenvalue weighted by molar-refractivity contribution is 5.88. The lowest BCUT2D eigenvalue weighted by Crippen LogP contribution is -2.35. The number of aromatic nitrogens is 3. The van der Waals surface area contributed by atoms with E-state index in [0.29, 0.717) is 5.92 Å². The normalized spacial score (nSPS) is 18.3. The minimum Gasteiger partial charge on any atom is -0.369 e. The van der Waals surface area contributed by atoms with Crippen LogP contribution in [0.25, 0.3) is 22.3 Å². The van der Waals surface area contributed by atoms with E-state index in [2.05, 4.69) is 42.9 Å². The van der Waals surface area contributed by atoms with Gasteiger partial charge >= 0.3 is 0 Å². The molecule has 1 N–H and O–H groups in total. The van der Waals surface area contributed by atoms with E-state index in [1.165, 1.54) is 5.56 Å². The van der Waals surface area contributed by atoms with Gasteiger partial charge in [0.15, 0.2) is 0 Å². The fourth-order valence-electron chi connectivity index (χ4n) is 4.04. The van der Waals surface area contributed by atoms with Crippen LogP contribution in [0.5, 0.6) is 0 Å². The molecule has 148 valence electrons. The van der Waals surface area contributed by atoms with Crippen LogP contribution < -0.4 is 5.56 Å². The first-order valence-electron chi connectivity index (χ1n) is 9.85. The van der Waals surface area contributed by atoms with Gasteiger partial charge in [0.2, 0.25) is 0 Å². The number of nitrogens with zero attached hydrogens (tertiary/aromatic N) is 3. The van der Waals surface area contributed by atoms with Crippen molar-refractivity contribution in [3.63, 3.8) is 0 Å². The number of likely N-dealkylation sites (N-methyl/N-ethyl adjacent to an activating group) is 1. The Morgan fingerprint density at radius 2 is 2.07 bits per heavy atom. The van der Waals surface area contributed by atoms with Crippen LogP contribution in [0.15, 0.2) is 29.2 Å². The van der Waals surface area contributed by atoms with Crippen LogP contribution in [0.2, 0.25) is 0 Å². The van der Waals surface area contributed by atoms with E-state index in [9.17, 15) is 4.79 Å². The van der Waals surface area contributed by atoms with E-state index < -0.39 is 0 Å². The molecule has 1 aliphatic rings. The third kappa shape index (κ3) is 3.27. The number of nitrogens with one attached hydrogen (secondary N) is 1. The molecule has 4 heterocycles. The zero-order valence-electron chi connectivity index (χ0n) is 17.2. The summed E-state index contributed by atoms with van der Waals surface area (Å²) in [6.07, 6.45) is 1.90. The van der Waals surface area contributed by atoms with Crippen molar-refractivity contribution < 1.29 is 4.74 Å². The molecule has 0 saturated carbocycles. The van der Waals surface area contributed by atoms with Crippen molar-refractivity contribution in [3.8, 4) is 11.3 Å². The Morgan fingerprint density at radius 1 is 1.29 bits per heavy atom. The SMILES string of the molecule is Cc1cc(-c2[nH]c3ccc(C4CN(C)CCO4)nc3c2C(C)C)cn(C)c1=O. The molecule has 0 aliphatic carbocycles. The molecule has 0 bridgehead atoms. The molecule has 1 atom stereocenters. The predicted octanol–water partition coefficient (Wildman–Crippen LogP) is 3.36. The van der Waals surface area contributed by atoms with Crippen molar-refractivity contribution in [2.45, 2.75) is 32.8 Å². The molecular formula is C22H28N4O2. The van der Waals surface area contributed by atoms with Crippen molar-refractivity contribution in [2.24, 2.45) is 7.05 Å². The van der Waals surface area contributed by atoms with Crippen molar-refractivity contribution in [1.29, 1.82) is 0 Å². The van der Waals surface area contributed by atoms with Gasteiger partial charge in [-0.2, -0.15) is 0 Å². The van der Waals surface area contributed by atoms with E-state index in [1.807, 2.05) is 19.2 Å². The molecule has 0 spiro atoms. The Kier molecular flexibility index (Phi) is 4.85. The van der Waals surface area contributed by atoms with Gasteiger partial charge in [-0.05, 0) is 38.1 Å². The maximum absolute atomic E-state index is 12.1. The highest BCUT2D eigenvalue weighted by atomic mass is 16.5. The number of pyridine rings is 2. The Bertz CT molecular complexity index is 1050. The zero-order chi connectivity index (χ0) is 20.0. The number of aromatic amines is 1. The topological polar surface area (TPSA) is 63.2 Å². The molecule has 6 nitrogen and oxygen atoms in total. The summed E-state index contributed by atoms with van der Waals surface area (Å²) in [6.45, 7) is 8.76. The summed E-state index contributed by atoms with van der Waals surface area (Å²) in [5.74, 6) is 0.291. The van der Waals surface area contributed by atoms with E-state index in [4.69, 9.17) is 9.72 Å². The van der Waals surface area contributed by atoms with Crippen LogP contribution >= 0.6 is 0 Å². The second-order valence-electron chi connectivity index (χ2n) is 8.15. The lowest BCUT2D eigenvalue weighted by Gasteiger charge is -2.29. The standard InChI is InChI=1S/C22H28N4O2/c1-13(2)19-20(15-10-14(3)22(27)26(5)11-15)24-17-7-6-16(23-21(17)19)18-12-25(4)8-9-28-18/h6-7,10-11,13,18,24H,8-9,12H2,1-5H3. The summed E-state index contributed by atoms with van der Waals surface area (Å²) in [5, 5.41) is 0. The summed E-state index contributed by atoms with van der Waals surface area (Å²) in [4.78, 5) is 22.9. The maximum atomic E-state index is 12.1. The van der Waals surface area contributed by atoms with Crippen LogP contribution in [0, 0.1) is 6.92 Å². The fourth-order valence-corrected chi connectivity index (χ4v) is 4.04. The maximum Gasteiger partial charge on any atom is 0.253 e. The van der Waals surface area contributed by atoms with E-state index in [-0.39, 0.29) is 11.7 Å². The molecular weight excluding hydrogens is 352 g/mol. The lowest BCUT2D eigenvalue weighted by atomic mass is 9.98. The molecule has 28 heavy (non-hydrogen) atoms. The number of H-pyrrole nitrogens is 1. The number of ether oxygens (including phenoxy) is 1. The van der Waals surface area contributed by atoms with Crippen LogP contribution in [0.4, 0.5) is 0 Å². The second-order valence-corrected chi connectivity index (χ2v) is 8.15. The first-order chi connectivity index (χ1) is 13.3. The first kappa shape index (κ1) is 18.9. The van der Waals surface area contributed by atoms with Gasteiger partial charge in [-0.3, -0.25) is 4.79 Å². The summed E-state index contributed by atoms with van der Waals surface area (Å²) in [6, 6.07) is 6.11. The monoisotopic (exact) mass is 380 g/mol. The molecule has 6 heteroatoms. The van der Waals surface area contributed by atoms with Crippen molar-refractivity contribution in [3.05, 3.63) is 51.6 Å². The average Bonchev–Trinajstić information content (AvgIpc) is 3.04.